The highest BCUT2D eigenvalue weighted by atomic mass is 79.9. The number of nitrogens with two attached hydrogens (primary N) is 1. The first-order chi connectivity index (χ1) is 8.22. The van der Waals surface area contributed by atoms with Crippen LogP contribution in [-0.2, 0) is 6.54 Å². The molecule has 0 heterocycles. The van der Waals surface area contributed by atoms with Gasteiger partial charge in [0, 0.05) is 23.8 Å². The fraction of sp³-hybridized carbons (Fsp3) is 0.143. The van der Waals surface area contributed by atoms with E-state index in [1.807, 2.05) is 30.3 Å². The van der Waals surface area contributed by atoms with E-state index < -0.39 is 0 Å². The number of anilines is 2. The van der Waals surface area contributed by atoms with Gasteiger partial charge in [0.1, 0.15) is 0 Å². The molecule has 0 unspecified atom stereocenters. The molecule has 0 bridgehead atoms. The minimum Gasteiger partial charge on any atom is -0.344 e. The first-order valence-corrected chi connectivity index (χ1v) is 6.29. The van der Waals surface area contributed by atoms with Gasteiger partial charge in [-0.1, -0.05) is 24.3 Å². The van der Waals surface area contributed by atoms with Crippen molar-refractivity contribution in [2.24, 2.45) is 5.73 Å². The van der Waals surface area contributed by atoms with Crippen LogP contribution in [0.15, 0.2) is 53.0 Å². The molecule has 0 aliphatic rings. The molecule has 88 valence electrons. The highest BCUT2D eigenvalue weighted by Gasteiger charge is 2.07. The highest BCUT2D eigenvalue weighted by Crippen LogP contribution is 2.30. The van der Waals surface area contributed by atoms with E-state index in [1.54, 1.807) is 0 Å². The maximum absolute atomic E-state index is 5.66. The molecule has 0 amide bonds. The van der Waals surface area contributed by atoms with Crippen LogP contribution in [0.4, 0.5) is 11.4 Å². The molecule has 0 aromatic heterocycles. The predicted molar refractivity (Wildman–Crippen MR) is 76.5 cm³/mol. The molecule has 0 spiro atoms. The van der Waals surface area contributed by atoms with Crippen molar-refractivity contribution in [2.75, 3.05) is 11.9 Å². The number of hydrogen-bond acceptors (Lipinski definition) is 2. The van der Waals surface area contributed by atoms with E-state index in [9.17, 15) is 0 Å². The normalized spacial score (nSPS) is 10.3. The first kappa shape index (κ1) is 12.1. The lowest BCUT2D eigenvalue weighted by atomic mass is 10.2. The maximum Gasteiger partial charge on any atom is 0.0552 e. The summed E-state index contributed by atoms with van der Waals surface area (Å²) in [6.07, 6.45) is 0. The summed E-state index contributed by atoms with van der Waals surface area (Å²) in [5.41, 5.74) is 9.08. The molecule has 2 nitrogen and oxygen atoms in total. The topological polar surface area (TPSA) is 29.3 Å². The maximum atomic E-state index is 5.66. The number of benzene rings is 2. The van der Waals surface area contributed by atoms with Gasteiger partial charge in [-0.25, -0.2) is 0 Å². The summed E-state index contributed by atoms with van der Waals surface area (Å²) in [6, 6.07) is 16.4. The summed E-state index contributed by atoms with van der Waals surface area (Å²) >= 11 is 3.56. The molecule has 0 atom stereocenters. The van der Waals surface area contributed by atoms with E-state index >= 15 is 0 Å². The van der Waals surface area contributed by atoms with Crippen LogP contribution in [0.2, 0.25) is 0 Å². The standard InChI is InChI=1S/C14H15BrN2/c1-17(14-8-3-2-7-13(14)15)12-6-4-5-11(9-12)10-16/h2-9H,10,16H2,1H3. The molecule has 0 aliphatic carbocycles. The minimum absolute atomic E-state index is 0.567. The van der Waals surface area contributed by atoms with Gasteiger partial charge in [-0.3, -0.25) is 0 Å². The summed E-state index contributed by atoms with van der Waals surface area (Å²) in [7, 11) is 2.05. The Hall–Kier alpha value is -1.32. The van der Waals surface area contributed by atoms with Gasteiger partial charge in [0.25, 0.3) is 0 Å². The van der Waals surface area contributed by atoms with E-state index in [4.69, 9.17) is 5.73 Å². The Balaban J connectivity index is 2.37. The number of rotatable bonds is 3. The van der Waals surface area contributed by atoms with Crippen LogP contribution in [0.5, 0.6) is 0 Å². The molecule has 2 N–H and O–H groups in total. The monoisotopic (exact) mass is 290 g/mol. The zero-order valence-corrected chi connectivity index (χ0v) is 11.3. The highest BCUT2D eigenvalue weighted by molar-refractivity contribution is 9.10. The molecule has 0 saturated carbocycles. The fourth-order valence-electron chi connectivity index (χ4n) is 1.75. The molecule has 0 aliphatic heterocycles. The Bertz CT molecular complexity index is 511. The Morgan fingerprint density at radius 3 is 2.59 bits per heavy atom. The van der Waals surface area contributed by atoms with Crippen LogP contribution in [-0.4, -0.2) is 7.05 Å². The van der Waals surface area contributed by atoms with Gasteiger partial charge in [0.15, 0.2) is 0 Å². The van der Waals surface area contributed by atoms with Crippen molar-refractivity contribution >= 4 is 27.3 Å². The average molecular weight is 291 g/mol. The number of halogens is 1. The molecule has 17 heavy (non-hydrogen) atoms. The van der Waals surface area contributed by atoms with Crippen molar-refractivity contribution in [1.29, 1.82) is 0 Å². The van der Waals surface area contributed by atoms with Gasteiger partial charge in [0.2, 0.25) is 0 Å². The molecule has 0 radical (unpaired) electrons. The minimum atomic E-state index is 0.567. The van der Waals surface area contributed by atoms with Crippen LogP contribution in [0, 0.1) is 0 Å². The van der Waals surface area contributed by atoms with Gasteiger partial charge >= 0.3 is 0 Å². The van der Waals surface area contributed by atoms with E-state index in [0.717, 1.165) is 21.4 Å². The molecule has 0 fully saturated rings. The van der Waals surface area contributed by atoms with Crippen LogP contribution in [0.25, 0.3) is 0 Å². The van der Waals surface area contributed by atoms with Crippen LogP contribution >= 0.6 is 15.9 Å². The van der Waals surface area contributed by atoms with Gasteiger partial charge in [-0.15, -0.1) is 0 Å². The van der Waals surface area contributed by atoms with E-state index in [-0.39, 0.29) is 0 Å². The van der Waals surface area contributed by atoms with Gasteiger partial charge in [0.05, 0.1) is 5.69 Å². The Kier molecular flexibility index (Phi) is 3.82. The smallest absolute Gasteiger partial charge is 0.0552 e. The van der Waals surface area contributed by atoms with Crippen LogP contribution in [0.3, 0.4) is 0 Å². The van der Waals surface area contributed by atoms with E-state index in [0.29, 0.717) is 6.54 Å². The van der Waals surface area contributed by atoms with Crippen LogP contribution in [0.1, 0.15) is 5.56 Å². The summed E-state index contributed by atoms with van der Waals surface area (Å²) in [5, 5.41) is 0. The van der Waals surface area contributed by atoms with Gasteiger partial charge < -0.3 is 10.6 Å². The first-order valence-electron chi connectivity index (χ1n) is 5.49. The molecule has 3 heteroatoms. The van der Waals surface area contributed by atoms with Crippen molar-refractivity contribution in [3.05, 3.63) is 58.6 Å². The third-order valence-electron chi connectivity index (χ3n) is 2.75. The molecule has 2 aromatic carbocycles. The van der Waals surface area contributed by atoms with E-state index in [1.165, 1.54) is 0 Å². The quantitative estimate of drug-likeness (QED) is 0.934. The van der Waals surface area contributed by atoms with Crippen molar-refractivity contribution in [2.45, 2.75) is 6.54 Å². The fourth-order valence-corrected chi connectivity index (χ4v) is 2.31. The summed E-state index contributed by atoms with van der Waals surface area (Å²) < 4.78 is 1.08. The molecule has 0 saturated heterocycles. The van der Waals surface area contributed by atoms with E-state index in [2.05, 4.69) is 46.1 Å². The number of nitrogens with zero attached hydrogens (tertiary/aromatic N) is 1. The van der Waals surface area contributed by atoms with Gasteiger partial charge in [-0.2, -0.15) is 0 Å². The Morgan fingerprint density at radius 1 is 1.12 bits per heavy atom. The summed E-state index contributed by atoms with van der Waals surface area (Å²) in [6.45, 7) is 0.567. The lowest BCUT2D eigenvalue weighted by Gasteiger charge is -2.21. The second-order valence-corrected chi connectivity index (χ2v) is 4.74. The molecular weight excluding hydrogens is 276 g/mol. The third kappa shape index (κ3) is 2.68. The summed E-state index contributed by atoms with van der Waals surface area (Å²) in [5.74, 6) is 0. The van der Waals surface area contributed by atoms with Crippen molar-refractivity contribution in [3.63, 3.8) is 0 Å². The number of para-hydroxylation sites is 1. The predicted octanol–water partition coefficient (Wildman–Crippen LogP) is 3.68. The third-order valence-corrected chi connectivity index (χ3v) is 3.42. The number of hydrogen-bond donors (Lipinski definition) is 1. The van der Waals surface area contributed by atoms with Crippen LogP contribution < -0.4 is 10.6 Å². The zero-order valence-electron chi connectivity index (χ0n) is 9.73. The lowest BCUT2D eigenvalue weighted by molar-refractivity contribution is 1.06. The molecule has 2 aromatic rings. The molecule has 2 rings (SSSR count). The Labute approximate surface area is 110 Å². The van der Waals surface area contributed by atoms with Crippen molar-refractivity contribution in [1.82, 2.24) is 0 Å². The molecular formula is C14H15BrN2. The Morgan fingerprint density at radius 2 is 1.88 bits per heavy atom. The van der Waals surface area contributed by atoms with Crippen molar-refractivity contribution in [3.8, 4) is 0 Å². The SMILES string of the molecule is CN(c1cccc(CN)c1)c1ccccc1Br. The second kappa shape index (κ2) is 5.34. The van der Waals surface area contributed by atoms with Gasteiger partial charge in [-0.05, 0) is 45.8 Å². The second-order valence-electron chi connectivity index (χ2n) is 3.88. The zero-order chi connectivity index (χ0) is 12.3. The summed E-state index contributed by atoms with van der Waals surface area (Å²) in [4.78, 5) is 2.14. The average Bonchev–Trinajstić information content (AvgIpc) is 2.38. The largest absolute Gasteiger partial charge is 0.344 e. The lowest BCUT2D eigenvalue weighted by Crippen LogP contribution is -2.10. The van der Waals surface area contributed by atoms with Crippen molar-refractivity contribution < 1.29 is 0 Å².